The zero-order valence-corrected chi connectivity index (χ0v) is 52.6. The van der Waals surface area contributed by atoms with Crippen molar-refractivity contribution >= 4 is 17.9 Å². The van der Waals surface area contributed by atoms with Crippen molar-refractivity contribution < 1.29 is 28.6 Å². The predicted octanol–water partition coefficient (Wildman–Crippen LogP) is 23.4. The number of hydrogen-bond acceptors (Lipinski definition) is 6. The van der Waals surface area contributed by atoms with Gasteiger partial charge in [-0.25, -0.2) is 0 Å². The summed E-state index contributed by atoms with van der Waals surface area (Å²) >= 11 is 0. The first-order chi connectivity index (χ1) is 39.5. The van der Waals surface area contributed by atoms with Gasteiger partial charge in [-0.15, -0.1) is 0 Å². The smallest absolute Gasteiger partial charge is 0.306 e. The molecule has 6 nitrogen and oxygen atoms in total. The molecule has 1 atom stereocenters. The summed E-state index contributed by atoms with van der Waals surface area (Å²) in [7, 11) is 0. The van der Waals surface area contributed by atoms with E-state index in [1.807, 2.05) is 0 Å². The number of allylic oxidation sites excluding steroid dienone is 18. The molecular weight excluding hydrogens is 985 g/mol. The number of carbonyl (C=O) groups excluding carboxylic acids is 3. The molecular formula is C74H126O6. The second kappa shape index (κ2) is 67.6. The molecule has 0 bridgehead atoms. The molecule has 0 saturated heterocycles. The first-order valence-corrected chi connectivity index (χ1v) is 33.9. The Morgan fingerprint density at radius 3 is 0.775 bits per heavy atom. The van der Waals surface area contributed by atoms with Crippen molar-refractivity contribution in [3.05, 3.63) is 109 Å². The fourth-order valence-corrected chi connectivity index (χ4v) is 9.45. The maximum absolute atomic E-state index is 12.9. The van der Waals surface area contributed by atoms with Crippen LogP contribution in [0.3, 0.4) is 0 Å². The lowest BCUT2D eigenvalue weighted by Crippen LogP contribution is -2.30. The van der Waals surface area contributed by atoms with E-state index in [9.17, 15) is 14.4 Å². The molecule has 1 unspecified atom stereocenters. The van der Waals surface area contributed by atoms with Crippen LogP contribution in [0.5, 0.6) is 0 Å². The van der Waals surface area contributed by atoms with Crippen LogP contribution in [0.4, 0.5) is 0 Å². The van der Waals surface area contributed by atoms with Crippen molar-refractivity contribution in [1.29, 1.82) is 0 Å². The Bertz CT molecular complexity index is 1610. The molecule has 0 aliphatic rings. The Hall–Kier alpha value is -3.93. The van der Waals surface area contributed by atoms with Crippen LogP contribution >= 0.6 is 0 Å². The van der Waals surface area contributed by atoms with Crippen LogP contribution in [-0.4, -0.2) is 37.2 Å². The van der Waals surface area contributed by atoms with E-state index in [1.54, 1.807) is 0 Å². The molecule has 6 heteroatoms. The normalized spacial score (nSPS) is 12.8. The van der Waals surface area contributed by atoms with E-state index in [2.05, 4.69) is 130 Å². The molecule has 0 spiro atoms. The number of unbranched alkanes of at least 4 members (excludes halogenated alkanes) is 32. The number of rotatable bonds is 61. The summed E-state index contributed by atoms with van der Waals surface area (Å²) < 4.78 is 16.9. The molecule has 0 N–H and O–H groups in total. The van der Waals surface area contributed by atoms with Gasteiger partial charge in [0, 0.05) is 19.3 Å². The van der Waals surface area contributed by atoms with Gasteiger partial charge >= 0.3 is 17.9 Å². The van der Waals surface area contributed by atoms with Gasteiger partial charge in [0.2, 0.25) is 0 Å². The van der Waals surface area contributed by atoms with E-state index in [0.717, 1.165) is 122 Å². The van der Waals surface area contributed by atoms with Crippen molar-refractivity contribution in [3.63, 3.8) is 0 Å². The summed E-state index contributed by atoms with van der Waals surface area (Å²) in [5.74, 6) is -0.886. The maximum Gasteiger partial charge on any atom is 0.306 e. The molecule has 0 radical (unpaired) electrons. The number of hydrogen-bond donors (Lipinski definition) is 0. The Labute approximate surface area is 495 Å². The summed E-state index contributed by atoms with van der Waals surface area (Å²) in [6, 6.07) is 0. The van der Waals surface area contributed by atoms with Crippen molar-refractivity contribution in [1.82, 2.24) is 0 Å². The highest BCUT2D eigenvalue weighted by Crippen LogP contribution is 2.16. The quantitative estimate of drug-likeness (QED) is 0.0261. The van der Waals surface area contributed by atoms with E-state index in [4.69, 9.17) is 14.2 Å². The van der Waals surface area contributed by atoms with Crippen LogP contribution in [0.25, 0.3) is 0 Å². The molecule has 0 aliphatic heterocycles. The van der Waals surface area contributed by atoms with Gasteiger partial charge in [-0.2, -0.15) is 0 Å². The molecule has 0 fully saturated rings. The largest absolute Gasteiger partial charge is 0.462 e. The summed E-state index contributed by atoms with van der Waals surface area (Å²) in [5, 5.41) is 0. The van der Waals surface area contributed by atoms with Gasteiger partial charge in [0.25, 0.3) is 0 Å². The van der Waals surface area contributed by atoms with E-state index < -0.39 is 6.10 Å². The molecule has 0 rings (SSSR count). The first-order valence-electron chi connectivity index (χ1n) is 33.9. The van der Waals surface area contributed by atoms with Gasteiger partial charge in [-0.05, 0) is 109 Å². The van der Waals surface area contributed by atoms with Gasteiger partial charge in [-0.3, -0.25) is 14.4 Å². The van der Waals surface area contributed by atoms with Gasteiger partial charge in [0.15, 0.2) is 6.10 Å². The Balaban J connectivity index is 4.27. The van der Waals surface area contributed by atoms with Gasteiger partial charge in [-0.1, -0.05) is 304 Å². The topological polar surface area (TPSA) is 78.9 Å². The monoisotopic (exact) mass is 1110 g/mol. The number of esters is 3. The van der Waals surface area contributed by atoms with E-state index in [1.165, 1.54) is 161 Å². The van der Waals surface area contributed by atoms with Crippen LogP contribution in [0.1, 0.15) is 323 Å². The Morgan fingerprint density at radius 2 is 0.487 bits per heavy atom. The van der Waals surface area contributed by atoms with Crippen LogP contribution in [0.2, 0.25) is 0 Å². The second-order valence-electron chi connectivity index (χ2n) is 22.4. The third-order valence-electron chi connectivity index (χ3n) is 14.5. The van der Waals surface area contributed by atoms with Gasteiger partial charge < -0.3 is 14.2 Å². The number of ether oxygens (including phenoxy) is 3. The predicted molar refractivity (Wildman–Crippen MR) is 348 cm³/mol. The number of carbonyl (C=O) groups is 3. The lowest BCUT2D eigenvalue weighted by Gasteiger charge is -2.18. The van der Waals surface area contributed by atoms with E-state index in [0.29, 0.717) is 19.3 Å². The molecule has 0 aromatic rings. The fraction of sp³-hybridized carbons (Fsp3) is 0.716. The summed E-state index contributed by atoms with van der Waals surface area (Å²) in [6.07, 6.45) is 92.4. The summed E-state index contributed by atoms with van der Waals surface area (Å²) in [6.45, 7) is 6.53. The minimum Gasteiger partial charge on any atom is -0.462 e. The van der Waals surface area contributed by atoms with Crippen molar-refractivity contribution in [3.8, 4) is 0 Å². The highest BCUT2D eigenvalue weighted by Gasteiger charge is 2.19. The molecule has 80 heavy (non-hydrogen) atoms. The summed E-state index contributed by atoms with van der Waals surface area (Å²) in [5.41, 5.74) is 0. The van der Waals surface area contributed by atoms with Gasteiger partial charge in [0.1, 0.15) is 13.2 Å². The zero-order valence-electron chi connectivity index (χ0n) is 52.6. The van der Waals surface area contributed by atoms with Crippen LogP contribution in [0, 0.1) is 0 Å². The van der Waals surface area contributed by atoms with Crippen LogP contribution < -0.4 is 0 Å². The minimum atomic E-state index is -0.784. The van der Waals surface area contributed by atoms with E-state index in [-0.39, 0.29) is 31.1 Å². The fourth-order valence-electron chi connectivity index (χ4n) is 9.45. The van der Waals surface area contributed by atoms with Crippen LogP contribution in [-0.2, 0) is 28.6 Å². The van der Waals surface area contributed by atoms with E-state index >= 15 is 0 Å². The second-order valence-corrected chi connectivity index (χ2v) is 22.4. The molecule has 0 aliphatic carbocycles. The lowest BCUT2D eigenvalue weighted by molar-refractivity contribution is -0.167. The Kier molecular flexibility index (Phi) is 64.3. The maximum atomic E-state index is 12.9. The van der Waals surface area contributed by atoms with Crippen molar-refractivity contribution in [2.75, 3.05) is 13.2 Å². The molecule has 0 aromatic heterocycles. The average Bonchev–Trinajstić information content (AvgIpc) is 3.46. The molecule has 0 heterocycles. The third-order valence-corrected chi connectivity index (χ3v) is 14.5. The molecule has 0 amide bonds. The lowest BCUT2D eigenvalue weighted by atomic mass is 10.0. The van der Waals surface area contributed by atoms with Crippen molar-refractivity contribution in [2.24, 2.45) is 0 Å². The minimum absolute atomic E-state index is 0.0818. The first kappa shape index (κ1) is 76.1. The van der Waals surface area contributed by atoms with Gasteiger partial charge in [0.05, 0.1) is 0 Å². The highest BCUT2D eigenvalue weighted by atomic mass is 16.6. The van der Waals surface area contributed by atoms with Crippen molar-refractivity contribution in [2.45, 2.75) is 329 Å². The average molecular weight is 1110 g/mol. The molecule has 0 aromatic carbocycles. The zero-order chi connectivity index (χ0) is 57.8. The third kappa shape index (κ3) is 64.9. The molecule has 0 saturated carbocycles. The Morgan fingerprint density at radius 1 is 0.263 bits per heavy atom. The summed E-state index contributed by atoms with van der Waals surface area (Å²) in [4.78, 5) is 38.3. The SMILES string of the molecule is CC/C=C\C/C=C\C/C=C\C/C=C\C/C=C\C/C=C\C/C=C\C/C=C\CCCCCCCCCCC(=O)OCC(COC(=O)CCCCCCC/C=C\CCCCCCC)OC(=O)CCCCCCCCCCCCCCCCC. The highest BCUT2D eigenvalue weighted by molar-refractivity contribution is 5.71. The molecule has 458 valence electrons. The van der Waals surface area contributed by atoms with Crippen LogP contribution in [0.15, 0.2) is 109 Å². The standard InChI is InChI=1S/C74H126O6/c1-4-7-10-13-16-19-22-25-28-29-30-31-32-33-34-35-36-37-38-39-40-41-42-43-44-45-47-49-52-55-58-61-64-67-73(76)79-70-71(69-78-72(75)66-63-60-57-54-51-48-27-24-21-18-15-12-9-6-3)80-74(77)68-65-62-59-56-53-50-46-26-23-20-17-14-11-8-5-2/h7,10,16,19,24-25,27-28,30-31,33-34,36-37,39-40,42-43,71H,4-6,8-9,11-15,17-18,20-23,26,29,32,35,38,41,44-70H2,1-3H3/b10-7-,19-16-,27-24-,28-25-,31-30-,34-33-,37-36-,40-39-,43-42-.